The lowest BCUT2D eigenvalue weighted by molar-refractivity contribution is -0.384. The van der Waals surface area contributed by atoms with E-state index in [4.69, 9.17) is 9.47 Å². The van der Waals surface area contributed by atoms with Crippen LogP contribution in [0.1, 0.15) is 15.9 Å². The number of pyridine rings is 1. The maximum Gasteiger partial charge on any atom is 0.416 e. The molecule has 35 heavy (non-hydrogen) atoms. The Hall–Kier alpha value is -4.68. The molecule has 0 atom stereocenters. The molecular formula is C22H17F3N4O6. The molecule has 10 nitrogen and oxygen atoms in total. The van der Waals surface area contributed by atoms with Gasteiger partial charge in [-0.25, -0.2) is 9.78 Å². The highest BCUT2D eigenvalue weighted by Crippen LogP contribution is 2.32. The van der Waals surface area contributed by atoms with Crippen molar-refractivity contribution < 1.29 is 37.2 Å². The van der Waals surface area contributed by atoms with E-state index < -0.39 is 35.1 Å². The molecule has 0 spiro atoms. The smallest absolute Gasteiger partial charge is 0.416 e. The van der Waals surface area contributed by atoms with Gasteiger partial charge >= 0.3 is 12.1 Å². The van der Waals surface area contributed by atoms with Crippen molar-refractivity contribution >= 4 is 34.8 Å². The summed E-state index contributed by atoms with van der Waals surface area (Å²) in [6.07, 6.45) is -3.23. The lowest BCUT2D eigenvalue weighted by atomic mass is 10.2. The van der Waals surface area contributed by atoms with E-state index >= 15 is 0 Å². The van der Waals surface area contributed by atoms with Crippen molar-refractivity contribution in [2.24, 2.45) is 0 Å². The lowest BCUT2D eigenvalue weighted by Gasteiger charge is -2.13. The molecule has 0 aliphatic heterocycles. The zero-order valence-electron chi connectivity index (χ0n) is 18.0. The van der Waals surface area contributed by atoms with E-state index in [-0.39, 0.29) is 34.2 Å². The molecule has 3 rings (SSSR count). The number of alkyl halides is 3. The second kappa shape index (κ2) is 10.5. The number of nitro benzene ring substituents is 1. The Kier molecular flexibility index (Phi) is 7.49. The van der Waals surface area contributed by atoms with Gasteiger partial charge in [-0.05, 0) is 36.4 Å². The first-order valence-electron chi connectivity index (χ1n) is 9.77. The van der Waals surface area contributed by atoms with E-state index in [1.54, 1.807) is 0 Å². The van der Waals surface area contributed by atoms with Crippen molar-refractivity contribution in [1.29, 1.82) is 0 Å². The molecule has 2 aromatic carbocycles. The molecular weight excluding hydrogens is 473 g/mol. The summed E-state index contributed by atoms with van der Waals surface area (Å²) in [6.45, 7) is -0.725. The van der Waals surface area contributed by atoms with Crippen LogP contribution in [-0.2, 0) is 15.7 Å². The summed E-state index contributed by atoms with van der Waals surface area (Å²) in [5.41, 5.74) is -1.10. The van der Waals surface area contributed by atoms with Crippen LogP contribution >= 0.6 is 0 Å². The number of nitro groups is 1. The highest BCUT2D eigenvalue weighted by molar-refractivity contribution is 5.98. The Morgan fingerprint density at radius 3 is 2.57 bits per heavy atom. The Morgan fingerprint density at radius 1 is 1.11 bits per heavy atom. The molecule has 0 radical (unpaired) electrons. The van der Waals surface area contributed by atoms with Crippen LogP contribution in [0.4, 0.5) is 36.1 Å². The Balaban J connectivity index is 1.67. The topological polar surface area (TPSA) is 133 Å². The summed E-state index contributed by atoms with van der Waals surface area (Å²) >= 11 is 0. The number of carbonyl (C=O) groups excluding carboxylic acids is 2. The van der Waals surface area contributed by atoms with Gasteiger partial charge in [0.2, 0.25) is 0 Å². The SMILES string of the molecule is COc1cc([N+](=O)[O-])ccc1NC(=O)COC(=O)c1cccnc1Nc1cccc(C(F)(F)F)c1. The number of amides is 1. The van der Waals surface area contributed by atoms with Crippen LogP contribution in [0, 0.1) is 10.1 Å². The molecule has 1 amide bonds. The number of ether oxygens (including phenoxy) is 2. The van der Waals surface area contributed by atoms with Gasteiger partial charge in [-0.15, -0.1) is 0 Å². The number of hydrogen-bond acceptors (Lipinski definition) is 8. The zero-order valence-corrected chi connectivity index (χ0v) is 18.0. The summed E-state index contributed by atoms with van der Waals surface area (Å²) in [5.74, 6) is -1.77. The third kappa shape index (κ3) is 6.43. The molecule has 0 saturated carbocycles. The summed E-state index contributed by atoms with van der Waals surface area (Å²) < 4.78 is 48.9. The molecule has 0 aliphatic rings. The number of methoxy groups -OCH3 is 1. The number of nitrogens with one attached hydrogen (secondary N) is 2. The van der Waals surface area contributed by atoms with Gasteiger partial charge in [-0.1, -0.05) is 6.07 Å². The van der Waals surface area contributed by atoms with E-state index in [0.717, 1.165) is 24.3 Å². The summed E-state index contributed by atoms with van der Waals surface area (Å²) in [4.78, 5) is 38.9. The first-order chi connectivity index (χ1) is 16.6. The van der Waals surface area contributed by atoms with Gasteiger partial charge in [0.05, 0.1) is 29.4 Å². The monoisotopic (exact) mass is 490 g/mol. The minimum Gasteiger partial charge on any atom is -0.494 e. The minimum absolute atomic E-state index is 0.0266. The van der Waals surface area contributed by atoms with Gasteiger partial charge < -0.3 is 20.1 Å². The number of benzene rings is 2. The van der Waals surface area contributed by atoms with Crippen LogP contribution in [0.15, 0.2) is 60.8 Å². The predicted octanol–water partition coefficient (Wildman–Crippen LogP) is 4.56. The van der Waals surface area contributed by atoms with Crippen molar-refractivity contribution in [1.82, 2.24) is 4.98 Å². The molecule has 0 unspecified atom stereocenters. The number of halogens is 3. The standard InChI is InChI=1S/C22H17F3N4O6/c1-34-18-11-15(29(32)33)7-8-17(18)28-19(30)12-35-21(31)16-6-3-9-26-20(16)27-14-5-2-4-13(10-14)22(23,24)25/h2-11H,12H2,1H3,(H,26,27)(H,28,30). The number of rotatable bonds is 8. The maximum atomic E-state index is 13.0. The summed E-state index contributed by atoms with van der Waals surface area (Å²) in [7, 11) is 1.26. The van der Waals surface area contributed by atoms with E-state index in [2.05, 4.69) is 15.6 Å². The highest BCUT2D eigenvalue weighted by atomic mass is 19.4. The molecule has 182 valence electrons. The fourth-order valence-corrected chi connectivity index (χ4v) is 2.87. The number of esters is 1. The molecule has 13 heteroatoms. The van der Waals surface area contributed by atoms with Crippen LogP contribution in [0.25, 0.3) is 0 Å². The number of carbonyl (C=O) groups is 2. The van der Waals surface area contributed by atoms with Gasteiger partial charge in [0.1, 0.15) is 17.1 Å². The summed E-state index contributed by atoms with van der Waals surface area (Å²) in [5, 5.41) is 15.9. The van der Waals surface area contributed by atoms with Gasteiger partial charge in [-0.3, -0.25) is 14.9 Å². The molecule has 0 aliphatic carbocycles. The lowest BCUT2D eigenvalue weighted by Crippen LogP contribution is -2.21. The van der Waals surface area contributed by atoms with Crippen molar-refractivity contribution in [3.63, 3.8) is 0 Å². The molecule has 3 aromatic rings. The predicted molar refractivity (Wildman–Crippen MR) is 118 cm³/mol. The van der Waals surface area contributed by atoms with Gasteiger partial charge in [0.25, 0.3) is 11.6 Å². The quantitative estimate of drug-likeness (QED) is 0.267. The van der Waals surface area contributed by atoms with Crippen LogP contribution in [-0.4, -0.2) is 35.5 Å². The zero-order chi connectivity index (χ0) is 25.6. The van der Waals surface area contributed by atoms with Gasteiger partial charge in [0.15, 0.2) is 6.61 Å². The number of nitrogens with zero attached hydrogens (tertiary/aromatic N) is 2. The molecule has 0 fully saturated rings. The van der Waals surface area contributed by atoms with E-state index in [0.29, 0.717) is 0 Å². The van der Waals surface area contributed by atoms with Crippen LogP contribution in [0.3, 0.4) is 0 Å². The van der Waals surface area contributed by atoms with Crippen LogP contribution in [0.5, 0.6) is 5.75 Å². The van der Waals surface area contributed by atoms with Crippen molar-refractivity contribution in [3.05, 3.63) is 82.0 Å². The molecule has 0 bridgehead atoms. The fourth-order valence-electron chi connectivity index (χ4n) is 2.87. The third-order valence-electron chi connectivity index (χ3n) is 4.48. The van der Waals surface area contributed by atoms with Crippen molar-refractivity contribution in [2.45, 2.75) is 6.18 Å². The van der Waals surface area contributed by atoms with E-state index in [9.17, 15) is 32.9 Å². The highest BCUT2D eigenvalue weighted by Gasteiger charge is 2.30. The van der Waals surface area contributed by atoms with Crippen LogP contribution < -0.4 is 15.4 Å². The molecule has 1 heterocycles. The third-order valence-corrected chi connectivity index (χ3v) is 4.48. The maximum absolute atomic E-state index is 13.0. The molecule has 1 aromatic heterocycles. The Bertz CT molecular complexity index is 1270. The first kappa shape index (κ1) is 25.0. The Labute approximate surface area is 195 Å². The van der Waals surface area contributed by atoms with Gasteiger partial charge in [0, 0.05) is 18.0 Å². The number of anilines is 3. The first-order valence-corrected chi connectivity index (χ1v) is 9.77. The fraction of sp³-hybridized carbons (Fsp3) is 0.136. The van der Waals surface area contributed by atoms with E-state index in [1.165, 1.54) is 43.6 Å². The average Bonchev–Trinajstić information content (AvgIpc) is 2.82. The molecule has 2 N–H and O–H groups in total. The number of aromatic nitrogens is 1. The summed E-state index contributed by atoms with van der Waals surface area (Å²) in [6, 6.07) is 10.6. The number of non-ortho nitro benzene ring substituents is 1. The molecule has 0 saturated heterocycles. The second-order valence-electron chi connectivity index (χ2n) is 6.87. The Morgan fingerprint density at radius 2 is 1.89 bits per heavy atom. The second-order valence-corrected chi connectivity index (χ2v) is 6.87. The van der Waals surface area contributed by atoms with Crippen molar-refractivity contribution in [3.8, 4) is 5.75 Å². The van der Waals surface area contributed by atoms with Gasteiger partial charge in [-0.2, -0.15) is 13.2 Å². The van der Waals surface area contributed by atoms with Crippen LogP contribution in [0.2, 0.25) is 0 Å². The average molecular weight is 490 g/mol. The van der Waals surface area contributed by atoms with Crippen molar-refractivity contribution in [2.75, 3.05) is 24.4 Å². The van der Waals surface area contributed by atoms with E-state index in [1.807, 2.05) is 0 Å². The number of hydrogen-bond donors (Lipinski definition) is 2. The normalized spacial score (nSPS) is 10.9. The minimum atomic E-state index is -4.55. The largest absolute Gasteiger partial charge is 0.494 e.